The molecule has 2 heterocycles. The number of anilines is 2. The molecule has 2 amide bonds. The lowest BCUT2D eigenvalue weighted by Crippen LogP contribution is -2.26. The van der Waals surface area contributed by atoms with Crippen molar-refractivity contribution in [3.8, 4) is 0 Å². The number of unbranched alkanes of at least 4 members (excludes halogenated alkanes) is 2. The van der Waals surface area contributed by atoms with E-state index in [0.717, 1.165) is 55.1 Å². The number of hydrogen-bond acceptors (Lipinski definition) is 4. The molecule has 2 N–H and O–H groups in total. The van der Waals surface area contributed by atoms with Gasteiger partial charge in [-0.05, 0) is 70.0 Å². The van der Waals surface area contributed by atoms with E-state index in [1.165, 1.54) is 0 Å². The average Bonchev–Trinajstić information content (AvgIpc) is 3.13. The van der Waals surface area contributed by atoms with Crippen molar-refractivity contribution in [1.82, 2.24) is 14.7 Å². The van der Waals surface area contributed by atoms with Gasteiger partial charge in [-0.25, -0.2) is 4.98 Å². The largest absolute Gasteiger partial charge is 0.372 e. The average molecular weight is 436 g/mol. The Balaban J connectivity index is 1.35. The zero-order valence-electron chi connectivity index (χ0n) is 19.2. The molecule has 0 aliphatic carbocycles. The van der Waals surface area contributed by atoms with E-state index >= 15 is 0 Å². The van der Waals surface area contributed by atoms with Crippen molar-refractivity contribution in [2.75, 3.05) is 29.9 Å². The number of pyridine rings is 1. The number of nitrogens with zero attached hydrogens (tertiary/aromatic N) is 3. The highest BCUT2D eigenvalue weighted by Gasteiger charge is 2.15. The smallest absolute Gasteiger partial charge is 0.270 e. The second-order valence-electron chi connectivity index (χ2n) is 7.81. The van der Waals surface area contributed by atoms with E-state index in [1.54, 1.807) is 0 Å². The quantitative estimate of drug-likeness (QED) is 0.437. The van der Waals surface area contributed by atoms with Gasteiger partial charge < -0.3 is 15.5 Å². The van der Waals surface area contributed by atoms with E-state index in [4.69, 9.17) is 0 Å². The van der Waals surface area contributed by atoms with Gasteiger partial charge >= 0.3 is 0 Å². The predicted octanol–water partition coefficient (Wildman–Crippen LogP) is 4.42. The number of benzene rings is 1. The summed E-state index contributed by atoms with van der Waals surface area (Å²) in [5.41, 5.74) is 4.04. The summed E-state index contributed by atoms with van der Waals surface area (Å²) < 4.78 is 1.81. The second-order valence-corrected chi connectivity index (χ2v) is 7.81. The van der Waals surface area contributed by atoms with Crippen molar-refractivity contribution < 1.29 is 9.59 Å². The second kappa shape index (κ2) is 11.3. The number of rotatable bonds is 11. The SMILES string of the molecule is CCN(CC)c1ccc(NC(=O)CCCCCNC(=O)c2c(C)nc3ccccn23)cc1. The van der Waals surface area contributed by atoms with Crippen molar-refractivity contribution >= 4 is 28.8 Å². The van der Waals surface area contributed by atoms with Crippen molar-refractivity contribution in [2.24, 2.45) is 0 Å². The third-order valence-corrected chi connectivity index (χ3v) is 5.57. The monoisotopic (exact) mass is 435 g/mol. The molecule has 2 aromatic heterocycles. The minimum atomic E-state index is -0.118. The topological polar surface area (TPSA) is 78.7 Å². The Morgan fingerprint density at radius 2 is 1.75 bits per heavy atom. The summed E-state index contributed by atoms with van der Waals surface area (Å²) in [4.78, 5) is 31.4. The molecule has 0 unspecified atom stereocenters. The fourth-order valence-corrected chi connectivity index (χ4v) is 3.83. The molecule has 32 heavy (non-hydrogen) atoms. The van der Waals surface area contributed by atoms with Gasteiger partial charge in [-0.2, -0.15) is 0 Å². The summed E-state index contributed by atoms with van der Waals surface area (Å²) >= 11 is 0. The molecule has 0 fully saturated rings. The van der Waals surface area contributed by atoms with Crippen LogP contribution in [0, 0.1) is 6.92 Å². The van der Waals surface area contributed by atoms with Crippen LogP contribution in [0.25, 0.3) is 5.65 Å². The van der Waals surface area contributed by atoms with Crippen LogP contribution >= 0.6 is 0 Å². The molecule has 0 radical (unpaired) electrons. The highest BCUT2D eigenvalue weighted by Crippen LogP contribution is 2.18. The fraction of sp³-hybridized carbons (Fsp3) is 0.400. The number of aromatic nitrogens is 2. The van der Waals surface area contributed by atoms with Gasteiger partial charge in [0, 0.05) is 43.6 Å². The number of carbonyl (C=O) groups is 2. The molecule has 0 saturated heterocycles. The molecule has 0 aliphatic heterocycles. The van der Waals surface area contributed by atoms with Crippen LogP contribution in [0.5, 0.6) is 0 Å². The Labute approximate surface area is 189 Å². The summed E-state index contributed by atoms with van der Waals surface area (Å²) in [5.74, 6) is -0.0990. The van der Waals surface area contributed by atoms with Gasteiger partial charge in [-0.1, -0.05) is 12.5 Å². The number of fused-ring (bicyclic) bond motifs is 1. The van der Waals surface area contributed by atoms with Crippen molar-refractivity contribution in [2.45, 2.75) is 46.5 Å². The van der Waals surface area contributed by atoms with E-state index in [2.05, 4.69) is 34.4 Å². The Hall–Kier alpha value is -3.35. The van der Waals surface area contributed by atoms with E-state index < -0.39 is 0 Å². The van der Waals surface area contributed by atoms with Gasteiger partial charge in [0.05, 0.1) is 5.69 Å². The molecule has 170 valence electrons. The van der Waals surface area contributed by atoms with Crippen molar-refractivity contribution in [1.29, 1.82) is 0 Å². The highest BCUT2D eigenvalue weighted by atomic mass is 16.2. The minimum absolute atomic E-state index is 0.0194. The molecular weight excluding hydrogens is 402 g/mol. The van der Waals surface area contributed by atoms with E-state index in [-0.39, 0.29) is 11.8 Å². The molecule has 0 spiro atoms. The lowest BCUT2D eigenvalue weighted by Gasteiger charge is -2.21. The maximum atomic E-state index is 12.6. The lowest BCUT2D eigenvalue weighted by molar-refractivity contribution is -0.116. The van der Waals surface area contributed by atoms with Crippen molar-refractivity contribution in [3.63, 3.8) is 0 Å². The van der Waals surface area contributed by atoms with Gasteiger partial charge in [0.25, 0.3) is 5.91 Å². The molecule has 3 aromatic rings. The van der Waals surface area contributed by atoms with E-state index in [9.17, 15) is 9.59 Å². The normalized spacial score (nSPS) is 10.8. The zero-order chi connectivity index (χ0) is 22.9. The van der Waals surface area contributed by atoms with Crippen molar-refractivity contribution in [3.05, 3.63) is 60.0 Å². The molecule has 0 aliphatic rings. The van der Waals surface area contributed by atoms with E-state index in [0.29, 0.717) is 18.7 Å². The predicted molar refractivity (Wildman–Crippen MR) is 129 cm³/mol. The van der Waals surface area contributed by atoms with Gasteiger partial charge in [0.1, 0.15) is 11.3 Å². The third-order valence-electron chi connectivity index (χ3n) is 5.57. The lowest BCUT2D eigenvalue weighted by atomic mass is 10.1. The van der Waals surface area contributed by atoms with Crippen LogP contribution in [0.15, 0.2) is 48.7 Å². The molecular formula is C25H33N5O2. The molecule has 0 bridgehead atoms. The van der Waals surface area contributed by atoms with Gasteiger partial charge in [-0.3, -0.25) is 14.0 Å². The summed E-state index contributed by atoms with van der Waals surface area (Å²) in [6.45, 7) is 8.60. The summed E-state index contributed by atoms with van der Waals surface area (Å²) in [7, 11) is 0. The first-order valence-corrected chi connectivity index (χ1v) is 11.4. The summed E-state index contributed by atoms with van der Waals surface area (Å²) in [6.07, 6.45) is 4.81. The Morgan fingerprint density at radius 3 is 2.47 bits per heavy atom. The van der Waals surface area contributed by atoms with Crippen LogP contribution in [0.4, 0.5) is 11.4 Å². The number of imidazole rings is 1. The first-order valence-electron chi connectivity index (χ1n) is 11.4. The number of hydrogen-bond donors (Lipinski definition) is 2. The third kappa shape index (κ3) is 5.87. The van der Waals surface area contributed by atoms with Gasteiger partial charge in [0.2, 0.25) is 5.91 Å². The molecule has 0 saturated carbocycles. The first-order chi connectivity index (χ1) is 15.5. The van der Waals surface area contributed by atoms with Crippen LogP contribution in [0.1, 0.15) is 55.7 Å². The summed E-state index contributed by atoms with van der Waals surface area (Å²) in [6, 6.07) is 13.6. The van der Waals surface area contributed by atoms with Crippen LogP contribution in [-0.2, 0) is 4.79 Å². The van der Waals surface area contributed by atoms with Crippen LogP contribution in [0.3, 0.4) is 0 Å². The number of carbonyl (C=O) groups excluding carboxylic acids is 2. The highest BCUT2D eigenvalue weighted by molar-refractivity contribution is 5.94. The summed E-state index contributed by atoms with van der Waals surface area (Å²) in [5, 5.41) is 5.92. The maximum absolute atomic E-state index is 12.6. The molecule has 3 rings (SSSR count). The van der Waals surface area contributed by atoms with E-state index in [1.807, 2.05) is 60.0 Å². The van der Waals surface area contributed by atoms with Gasteiger partial charge in [0.15, 0.2) is 0 Å². The molecule has 7 heteroatoms. The standard InChI is InChI=1S/C25H33N5O2/c1-4-29(5-2)21-15-13-20(14-16-21)28-23(31)12-7-6-9-17-26-25(32)24-19(3)27-22-11-8-10-18-30(22)24/h8,10-11,13-16,18H,4-7,9,12,17H2,1-3H3,(H,26,32)(H,28,31). The maximum Gasteiger partial charge on any atom is 0.270 e. The molecule has 7 nitrogen and oxygen atoms in total. The number of aryl methyl sites for hydroxylation is 1. The molecule has 0 atom stereocenters. The zero-order valence-corrected chi connectivity index (χ0v) is 19.2. The first kappa shape index (κ1) is 23.3. The Kier molecular flexibility index (Phi) is 8.25. The van der Waals surface area contributed by atoms with Crippen LogP contribution in [-0.4, -0.2) is 40.8 Å². The number of amides is 2. The fourth-order valence-electron chi connectivity index (χ4n) is 3.83. The number of nitrogens with one attached hydrogen (secondary N) is 2. The minimum Gasteiger partial charge on any atom is -0.372 e. The van der Waals surface area contributed by atoms with Gasteiger partial charge in [-0.15, -0.1) is 0 Å². The van der Waals surface area contributed by atoms with Crippen LogP contribution < -0.4 is 15.5 Å². The Bertz CT molecular complexity index is 1040. The Morgan fingerprint density at radius 1 is 1.00 bits per heavy atom. The van der Waals surface area contributed by atoms with Crippen LogP contribution in [0.2, 0.25) is 0 Å². The molecule has 1 aromatic carbocycles.